The van der Waals surface area contributed by atoms with E-state index in [1.807, 2.05) is 0 Å². The van der Waals surface area contributed by atoms with Crippen LogP contribution in [-0.2, 0) is 0 Å². The second-order valence-corrected chi connectivity index (χ2v) is 4.10. The highest BCUT2D eigenvalue weighted by atomic mass is 35.5. The molecule has 0 spiro atoms. The summed E-state index contributed by atoms with van der Waals surface area (Å²) in [6.07, 6.45) is 10.4. The average molecular weight is 190 g/mol. The predicted octanol–water partition coefficient (Wildman–Crippen LogP) is 2.74. The maximum atomic E-state index is 3.54. The van der Waals surface area contributed by atoms with Crippen LogP contribution in [0, 0.1) is 5.92 Å². The zero-order valence-electron chi connectivity index (χ0n) is 7.72. The molecule has 2 rings (SSSR count). The lowest BCUT2D eigenvalue weighted by atomic mass is 9.86. The van der Waals surface area contributed by atoms with Crippen molar-refractivity contribution in [1.82, 2.24) is 5.32 Å². The monoisotopic (exact) mass is 189 g/mol. The van der Waals surface area contributed by atoms with Crippen LogP contribution in [0.2, 0.25) is 0 Å². The molecule has 1 aliphatic carbocycles. The Morgan fingerprint density at radius 1 is 0.833 bits per heavy atom. The van der Waals surface area contributed by atoms with Gasteiger partial charge in [0.15, 0.2) is 0 Å². The third-order valence-corrected chi connectivity index (χ3v) is 3.33. The first-order valence-corrected chi connectivity index (χ1v) is 5.20. The van der Waals surface area contributed by atoms with Crippen LogP contribution in [0.15, 0.2) is 0 Å². The normalized spacial score (nSPS) is 31.5. The zero-order chi connectivity index (χ0) is 7.52. The predicted molar refractivity (Wildman–Crippen MR) is 54.8 cm³/mol. The highest BCUT2D eigenvalue weighted by Crippen LogP contribution is 2.28. The molecule has 1 N–H and O–H groups in total. The molecule has 1 unspecified atom stereocenters. The fourth-order valence-electron chi connectivity index (χ4n) is 2.43. The largest absolute Gasteiger partial charge is 0.314 e. The first-order valence-electron chi connectivity index (χ1n) is 5.20. The van der Waals surface area contributed by atoms with Gasteiger partial charge < -0.3 is 5.32 Å². The van der Waals surface area contributed by atoms with Gasteiger partial charge in [-0.2, -0.15) is 0 Å². The lowest BCUT2D eigenvalue weighted by Crippen LogP contribution is -2.47. The fraction of sp³-hybridized carbons (Fsp3) is 1.00. The van der Waals surface area contributed by atoms with Crippen molar-refractivity contribution in [3.05, 3.63) is 0 Å². The fourth-order valence-corrected chi connectivity index (χ4v) is 2.43. The second-order valence-electron chi connectivity index (χ2n) is 4.10. The summed E-state index contributed by atoms with van der Waals surface area (Å²) < 4.78 is 0. The van der Waals surface area contributed by atoms with Crippen LogP contribution in [0.25, 0.3) is 0 Å². The lowest BCUT2D eigenvalue weighted by molar-refractivity contribution is 0.239. The number of rotatable bonds is 1. The Morgan fingerprint density at radius 3 is 1.83 bits per heavy atom. The summed E-state index contributed by atoms with van der Waals surface area (Å²) in [6.45, 7) is 1.28. The Bertz CT molecular complexity index is 115. The van der Waals surface area contributed by atoms with E-state index in [0.717, 1.165) is 12.0 Å². The molecule has 0 aromatic heterocycles. The van der Waals surface area contributed by atoms with Gasteiger partial charge in [-0.1, -0.05) is 25.7 Å². The number of hydrogen-bond donors (Lipinski definition) is 1. The molecule has 0 aromatic rings. The van der Waals surface area contributed by atoms with Crippen molar-refractivity contribution in [3.8, 4) is 0 Å². The molecule has 1 saturated carbocycles. The second kappa shape index (κ2) is 5.08. The molecule has 2 aliphatic rings. The number of nitrogens with one attached hydrogen (secondary N) is 1. The summed E-state index contributed by atoms with van der Waals surface area (Å²) in [5, 5.41) is 3.54. The van der Waals surface area contributed by atoms with Crippen molar-refractivity contribution in [3.63, 3.8) is 0 Å². The summed E-state index contributed by atoms with van der Waals surface area (Å²) >= 11 is 0. The van der Waals surface area contributed by atoms with Crippen LogP contribution in [0.4, 0.5) is 0 Å². The van der Waals surface area contributed by atoms with Crippen LogP contribution in [0.5, 0.6) is 0 Å². The van der Waals surface area contributed by atoms with Gasteiger partial charge in [-0.05, 0) is 31.7 Å². The van der Waals surface area contributed by atoms with E-state index in [1.165, 1.54) is 51.5 Å². The third-order valence-electron chi connectivity index (χ3n) is 3.33. The first-order chi connectivity index (χ1) is 5.47. The average Bonchev–Trinajstić information content (AvgIpc) is 2.12. The van der Waals surface area contributed by atoms with Crippen LogP contribution in [0.3, 0.4) is 0 Å². The molecule has 1 nitrogen and oxygen atoms in total. The van der Waals surface area contributed by atoms with Crippen molar-refractivity contribution in [2.24, 2.45) is 5.92 Å². The molecular weight excluding hydrogens is 170 g/mol. The molecule has 2 fully saturated rings. The highest BCUT2D eigenvalue weighted by molar-refractivity contribution is 5.85. The van der Waals surface area contributed by atoms with E-state index in [2.05, 4.69) is 5.32 Å². The maximum absolute atomic E-state index is 3.54. The molecule has 0 aromatic carbocycles. The Kier molecular flexibility index (Phi) is 4.38. The summed E-state index contributed by atoms with van der Waals surface area (Å²) in [5.41, 5.74) is 0. The first kappa shape index (κ1) is 10.3. The molecule has 0 radical (unpaired) electrons. The summed E-state index contributed by atoms with van der Waals surface area (Å²) in [4.78, 5) is 0. The smallest absolute Gasteiger partial charge is 0.0107 e. The van der Waals surface area contributed by atoms with Gasteiger partial charge in [0, 0.05) is 6.04 Å². The van der Waals surface area contributed by atoms with Crippen molar-refractivity contribution in [1.29, 1.82) is 0 Å². The van der Waals surface area contributed by atoms with Gasteiger partial charge in [-0.25, -0.2) is 0 Å². The highest BCUT2D eigenvalue weighted by Gasteiger charge is 2.26. The minimum absolute atomic E-state index is 0. The van der Waals surface area contributed by atoms with Crippen molar-refractivity contribution in [2.45, 2.75) is 51.0 Å². The van der Waals surface area contributed by atoms with Gasteiger partial charge in [-0.15, -0.1) is 12.4 Å². The SMILES string of the molecule is C1CCCC(C2CCN2)CC1.Cl. The Morgan fingerprint density at radius 2 is 1.42 bits per heavy atom. The van der Waals surface area contributed by atoms with Gasteiger partial charge in [0.1, 0.15) is 0 Å². The zero-order valence-corrected chi connectivity index (χ0v) is 8.54. The number of halogens is 1. The van der Waals surface area contributed by atoms with E-state index in [0.29, 0.717) is 0 Å². The molecule has 1 atom stereocenters. The molecule has 12 heavy (non-hydrogen) atoms. The van der Waals surface area contributed by atoms with E-state index in [9.17, 15) is 0 Å². The molecule has 2 heteroatoms. The van der Waals surface area contributed by atoms with Crippen molar-refractivity contribution in [2.75, 3.05) is 6.54 Å². The van der Waals surface area contributed by atoms with Gasteiger partial charge >= 0.3 is 0 Å². The van der Waals surface area contributed by atoms with Crippen molar-refractivity contribution < 1.29 is 0 Å². The van der Waals surface area contributed by atoms with Gasteiger partial charge in [0.05, 0.1) is 0 Å². The van der Waals surface area contributed by atoms with Crippen LogP contribution < -0.4 is 5.32 Å². The third kappa shape index (κ3) is 2.37. The van der Waals surface area contributed by atoms with Crippen molar-refractivity contribution >= 4 is 12.4 Å². The summed E-state index contributed by atoms with van der Waals surface area (Å²) in [6, 6.07) is 0.910. The number of hydrogen-bond acceptors (Lipinski definition) is 1. The van der Waals surface area contributed by atoms with Crippen LogP contribution in [-0.4, -0.2) is 12.6 Å². The minimum atomic E-state index is 0. The molecule has 1 heterocycles. The maximum Gasteiger partial charge on any atom is 0.0107 e. The molecule has 1 aliphatic heterocycles. The Labute approximate surface area is 81.7 Å². The quantitative estimate of drug-likeness (QED) is 0.626. The molecule has 72 valence electrons. The molecular formula is C10H20ClN. The summed E-state index contributed by atoms with van der Waals surface area (Å²) in [5.74, 6) is 1.03. The van der Waals surface area contributed by atoms with E-state index >= 15 is 0 Å². The molecule has 0 amide bonds. The van der Waals surface area contributed by atoms with Gasteiger partial charge in [0.2, 0.25) is 0 Å². The topological polar surface area (TPSA) is 12.0 Å². The van der Waals surface area contributed by atoms with Crippen LogP contribution in [0.1, 0.15) is 44.9 Å². The molecule has 1 saturated heterocycles. The Balaban J connectivity index is 0.000000720. The minimum Gasteiger partial charge on any atom is -0.314 e. The van der Waals surface area contributed by atoms with Crippen LogP contribution >= 0.6 is 12.4 Å². The van der Waals surface area contributed by atoms with E-state index in [4.69, 9.17) is 0 Å². The Hall–Kier alpha value is 0.250. The lowest BCUT2D eigenvalue weighted by Gasteiger charge is -2.34. The summed E-state index contributed by atoms with van der Waals surface area (Å²) in [7, 11) is 0. The van der Waals surface area contributed by atoms with E-state index in [-0.39, 0.29) is 12.4 Å². The van der Waals surface area contributed by atoms with Gasteiger partial charge in [-0.3, -0.25) is 0 Å². The molecule has 0 bridgehead atoms. The van der Waals surface area contributed by atoms with E-state index < -0.39 is 0 Å². The standard InChI is InChI=1S/C10H19N.ClH/c1-2-4-6-9(5-3-1)10-7-8-11-10;/h9-11H,1-8H2;1H. The van der Waals surface area contributed by atoms with Gasteiger partial charge in [0.25, 0.3) is 0 Å². The van der Waals surface area contributed by atoms with E-state index in [1.54, 1.807) is 0 Å².